The number of rotatable bonds is 2. The quantitative estimate of drug-likeness (QED) is 0.776. The van der Waals surface area contributed by atoms with E-state index in [1.165, 1.54) is 0 Å². The fourth-order valence-electron chi connectivity index (χ4n) is 2.74. The van der Waals surface area contributed by atoms with Crippen LogP contribution in [0.3, 0.4) is 0 Å². The lowest BCUT2D eigenvalue weighted by Gasteiger charge is -2.05. The van der Waals surface area contributed by atoms with Crippen molar-refractivity contribution in [2.45, 2.75) is 42.7 Å². The van der Waals surface area contributed by atoms with Crippen molar-refractivity contribution in [1.29, 1.82) is 0 Å². The predicted octanol–water partition coefficient (Wildman–Crippen LogP) is 2.66. The topological polar surface area (TPSA) is 37.1 Å². The van der Waals surface area contributed by atoms with Gasteiger partial charge in [-0.2, -0.15) is 4.31 Å². The SMILES string of the molecule is O=S(=O)(c1ccc(Cl)cc1)N1[C@H]2CCCC[C@@H]21. The highest BCUT2D eigenvalue weighted by Crippen LogP contribution is 2.44. The molecule has 0 amide bonds. The summed E-state index contributed by atoms with van der Waals surface area (Å²) in [4.78, 5) is 0.358. The molecular weight excluding hydrogens is 258 g/mol. The Hall–Kier alpha value is -0.580. The average molecular weight is 272 g/mol. The number of hydrogen-bond donors (Lipinski definition) is 0. The molecule has 3 nitrogen and oxygen atoms in total. The third-order valence-electron chi connectivity index (χ3n) is 3.65. The second-order valence-electron chi connectivity index (χ2n) is 4.71. The Balaban J connectivity index is 1.89. The summed E-state index contributed by atoms with van der Waals surface area (Å²) in [5.41, 5.74) is 0. The van der Waals surface area contributed by atoms with Gasteiger partial charge in [-0.25, -0.2) is 8.42 Å². The summed E-state index contributed by atoms with van der Waals surface area (Å²) in [5.74, 6) is 0. The smallest absolute Gasteiger partial charge is 0.207 e. The Morgan fingerprint density at radius 3 is 2.12 bits per heavy atom. The van der Waals surface area contributed by atoms with Crippen LogP contribution in [0.4, 0.5) is 0 Å². The third kappa shape index (κ3) is 1.88. The second kappa shape index (κ2) is 3.97. The summed E-state index contributed by atoms with van der Waals surface area (Å²) in [7, 11) is -3.29. The fraction of sp³-hybridized carbons (Fsp3) is 0.500. The number of sulfonamides is 1. The largest absolute Gasteiger partial charge is 0.243 e. The molecule has 3 rings (SSSR count). The van der Waals surface area contributed by atoms with E-state index in [0.717, 1.165) is 25.7 Å². The van der Waals surface area contributed by atoms with E-state index in [2.05, 4.69) is 0 Å². The molecular formula is C12H14ClNO2S. The van der Waals surface area contributed by atoms with E-state index in [1.807, 2.05) is 0 Å². The van der Waals surface area contributed by atoms with Crippen molar-refractivity contribution in [3.8, 4) is 0 Å². The van der Waals surface area contributed by atoms with Gasteiger partial charge in [0.25, 0.3) is 0 Å². The molecule has 0 aromatic heterocycles. The Morgan fingerprint density at radius 1 is 1.06 bits per heavy atom. The van der Waals surface area contributed by atoms with Gasteiger partial charge in [0.15, 0.2) is 0 Å². The van der Waals surface area contributed by atoms with Crippen molar-refractivity contribution < 1.29 is 8.42 Å². The van der Waals surface area contributed by atoms with Crippen molar-refractivity contribution in [1.82, 2.24) is 4.31 Å². The molecule has 0 N–H and O–H groups in total. The number of halogens is 1. The lowest BCUT2D eigenvalue weighted by molar-refractivity contribution is 0.545. The molecule has 1 saturated heterocycles. The van der Waals surface area contributed by atoms with Crippen molar-refractivity contribution in [3.63, 3.8) is 0 Å². The molecule has 0 radical (unpaired) electrons. The Labute approximate surface area is 106 Å². The molecule has 1 aromatic carbocycles. The number of benzene rings is 1. The molecule has 5 heteroatoms. The Morgan fingerprint density at radius 2 is 1.59 bits per heavy atom. The Kier molecular flexibility index (Phi) is 2.69. The van der Waals surface area contributed by atoms with E-state index in [-0.39, 0.29) is 12.1 Å². The van der Waals surface area contributed by atoms with Crippen molar-refractivity contribution >= 4 is 21.6 Å². The third-order valence-corrected chi connectivity index (χ3v) is 5.86. The molecule has 2 aliphatic rings. The van der Waals surface area contributed by atoms with Gasteiger partial charge in [-0.3, -0.25) is 0 Å². The first-order valence-electron chi connectivity index (χ1n) is 5.90. The maximum Gasteiger partial charge on any atom is 0.243 e. The summed E-state index contributed by atoms with van der Waals surface area (Å²) >= 11 is 5.77. The number of hydrogen-bond acceptors (Lipinski definition) is 2. The van der Waals surface area contributed by atoms with Gasteiger partial charge in [-0.15, -0.1) is 0 Å². The monoisotopic (exact) mass is 271 g/mol. The highest BCUT2D eigenvalue weighted by atomic mass is 35.5. The van der Waals surface area contributed by atoms with E-state index >= 15 is 0 Å². The summed E-state index contributed by atoms with van der Waals surface area (Å²) in [6.45, 7) is 0. The van der Waals surface area contributed by atoms with Crippen LogP contribution >= 0.6 is 11.6 Å². The van der Waals surface area contributed by atoms with Gasteiger partial charge in [-0.05, 0) is 37.1 Å². The lowest BCUT2D eigenvalue weighted by Crippen LogP contribution is -2.15. The van der Waals surface area contributed by atoms with E-state index in [9.17, 15) is 8.42 Å². The molecule has 2 atom stereocenters. The zero-order valence-corrected chi connectivity index (χ0v) is 10.9. The van der Waals surface area contributed by atoms with Gasteiger partial charge in [0.05, 0.1) is 4.90 Å². The first-order chi connectivity index (χ1) is 8.10. The average Bonchev–Trinajstić information content (AvgIpc) is 3.04. The molecule has 2 fully saturated rings. The van der Waals surface area contributed by atoms with Crippen LogP contribution in [0.2, 0.25) is 5.02 Å². The molecule has 92 valence electrons. The molecule has 0 bridgehead atoms. The highest BCUT2D eigenvalue weighted by Gasteiger charge is 2.55. The van der Waals surface area contributed by atoms with E-state index in [1.54, 1.807) is 28.6 Å². The fourth-order valence-corrected chi connectivity index (χ4v) is 4.74. The van der Waals surface area contributed by atoms with Crippen molar-refractivity contribution in [3.05, 3.63) is 29.3 Å². The molecule has 1 saturated carbocycles. The molecule has 0 spiro atoms. The van der Waals surface area contributed by atoms with Gasteiger partial charge in [0.1, 0.15) is 0 Å². The second-order valence-corrected chi connectivity index (χ2v) is 6.99. The van der Waals surface area contributed by atoms with Gasteiger partial charge in [0, 0.05) is 17.1 Å². The van der Waals surface area contributed by atoms with E-state index < -0.39 is 10.0 Å². The van der Waals surface area contributed by atoms with Crippen LogP contribution in [0.15, 0.2) is 29.2 Å². The molecule has 1 heterocycles. The van der Waals surface area contributed by atoms with Crippen LogP contribution < -0.4 is 0 Å². The van der Waals surface area contributed by atoms with Crippen LogP contribution in [0.5, 0.6) is 0 Å². The molecule has 1 aromatic rings. The normalized spacial score (nSPS) is 31.9. The van der Waals surface area contributed by atoms with Gasteiger partial charge in [0.2, 0.25) is 10.0 Å². The lowest BCUT2D eigenvalue weighted by atomic mass is 10.0. The minimum atomic E-state index is -3.29. The van der Waals surface area contributed by atoms with Gasteiger partial charge < -0.3 is 0 Å². The van der Waals surface area contributed by atoms with Crippen LogP contribution in [-0.2, 0) is 10.0 Å². The minimum Gasteiger partial charge on any atom is -0.207 e. The molecule has 0 unspecified atom stereocenters. The summed E-state index contributed by atoms with van der Waals surface area (Å²) in [6, 6.07) is 6.93. The van der Waals surface area contributed by atoms with Crippen LogP contribution in [-0.4, -0.2) is 24.8 Å². The molecule has 17 heavy (non-hydrogen) atoms. The zero-order valence-electron chi connectivity index (χ0n) is 9.34. The predicted molar refractivity (Wildman–Crippen MR) is 66.5 cm³/mol. The summed E-state index contributed by atoms with van der Waals surface area (Å²) < 4.78 is 26.4. The summed E-state index contributed by atoms with van der Waals surface area (Å²) in [5, 5.41) is 0.562. The maximum absolute atomic E-state index is 12.4. The first-order valence-corrected chi connectivity index (χ1v) is 7.71. The zero-order chi connectivity index (χ0) is 12.0. The highest BCUT2D eigenvalue weighted by molar-refractivity contribution is 7.89. The maximum atomic E-state index is 12.4. The van der Waals surface area contributed by atoms with Crippen molar-refractivity contribution in [2.75, 3.05) is 0 Å². The van der Waals surface area contributed by atoms with E-state index in [4.69, 9.17) is 11.6 Å². The van der Waals surface area contributed by atoms with Crippen LogP contribution in [0.1, 0.15) is 25.7 Å². The Bertz CT molecular complexity index is 514. The minimum absolute atomic E-state index is 0.254. The summed E-state index contributed by atoms with van der Waals surface area (Å²) in [6.07, 6.45) is 4.32. The van der Waals surface area contributed by atoms with Crippen molar-refractivity contribution in [2.24, 2.45) is 0 Å². The van der Waals surface area contributed by atoms with E-state index in [0.29, 0.717) is 9.92 Å². The van der Waals surface area contributed by atoms with Gasteiger partial charge >= 0.3 is 0 Å². The standard InChI is InChI=1S/C12H14ClNO2S/c13-9-5-7-10(8-6-9)17(15,16)14-11-3-1-2-4-12(11)14/h5-8,11-12H,1-4H2/t11-,12-/m0/s1. The number of nitrogens with zero attached hydrogens (tertiary/aromatic N) is 1. The van der Waals surface area contributed by atoms with Gasteiger partial charge in [-0.1, -0.05) is 24.4 Å². The molecule has 1 aliphatic heterocycles. The van der Waals surface area contributed by atoms with Crippen LogP contribution in [0, 0.1) is 0 Å². The van der Waals surface area contributed by atoms with Crippen LogP contribution in [0.25, 0.3) is 0 Å². The number of fused-ring (bicyclic) bond motifs is 1. The first kappa shape index (κ1) is 11.5. The molecule has 1 aliphatic carbocycles.